The van der Waals surface area contributed by atoms with Crippen molar-refractivity contribution >= 4 is 38.6 Å². The molecule has 0 radical (unpaired) electrons. The van der Waals surface area contributed by atoms with Crippen LogP contribution in [0.25, 0.3) is 11.0 Å². The second-order valence-corrected chi connectivity index (χ2v) is 6.27. The Morgan fingerprint density at radius 2 is 1.81 bits per heavy atom. The molecule has 1 unspecified atom stereocenters. The van der Waals surface area contributed by atoms with Crippen LogP contribution in [0, 0.1) is 6.92 Å². The van der Waals surface area contributed by atoms with E-state index in [0.717, 1.165) is 32.2 Å². The van der Waals surface area contributed by atoms with Gasteiger partial charge in [-0.3, -0.25) is 0 Å². The summed E-state index contributed by atoms with van der Waals surface area (Å²) in [7, 11) is 0. The van der Waals surface area contributed by atoms with Gasteiger partial charge in [-0.15, -0.1) is 0 Å². The number of nitrogens with one attached hydrogen (secondary N) is 2. The van der Waals surface area contributed by atoms with Crippen LogP contribution in [0.3, 0.4) is 0 Å². The lowest BCUT2D eigenvalue weighted by Gasteiger charge is -2.17. The topological polar surface area (TPSA) is 74.7 Å². The lowest BCUT2D eigenvalue weighted by Crippen LogP contribution is -2.14. The van der Waals surface area contributed by atoms with Crippen LogP contribution in [0.5, 0.6) is 0 Å². The van der Waals surface area contributed by atoms with Crippen LogP contribution in [0.4, 0.5) is 0 Å². The number of halogens is 2. The van der Waals surface area contributed by atoms with Crippen LogP contribution in [0.2, 0.25) is 5.02 Å². The number of aromatic amines is 2. The monoisotopic (exact) mass is 365 g/mol. The van der Waals surface area contributed by atoms with E-state index in [1.807, 2.05) is 37.3 Å². The van der Waals surface area contributed by atoms with Crippen molar-refractivity contribution in [3.05, 3.63) is 67.0 Å². The fourth-order valence-electron chi connectivity index (χ4n) is 2.42. The highest BCUT2D eigenvalue weighted by atomic mass is 79.9. The Hall–Kier alpha value is -1.56. The highest BCUT2D eigenvalue weighted by Crippen LogP contribution is 2.32. The molecule has 0 aliphatic carbocycles. The highest BCUT2D eigenvalue weighted by molar-refractivity contribution is 9.10. The molecule has 1 heterocycles. The zero-order chi connectivity index (χ0) is 15.1. The van der Waals surface area contributed by atoms with E-state index in [4.69, 9.17) is 17.3 Å². The summed E-state index contributed by atoms with van der Waals surface area (Å²) in [5.74, 6) is 0. The van der Waals surface area contributed by atoms with E-state index in [-0.39, 0.29) is 11.7 Å². The summed E-state index contributed by atoms with van der Waals surface area (Å²) in [6, 6.07) is 9.06. The summed E-state index contributed by atoms with van der Waals surface area (Å²) in [4.78, 5) is 16.8. The van der Waals surface area contributed by atoms with Gasteiger partial charge in [0.2, 0.25) is 0 Å². The third kappa shape index (κ3) is 2.64. The van der Waals surface area contributed by atoms with Crippen LogP contribution in [-0.4, -0.2) is 9.97 Å². The van der Waals surface area contributed by atoms with Gasteiger partial charge in [-0.1, -0.05) is 33.6 Å². The predicted octanol–water partition coefficient (Wildman–Crippen LogP) is 3.63. The first-order chi connectivity index (χ1) is 9.95. The van der Waals surface area contributed by atoms with Gasteiger partial charge in [0.05, 0.1) is 17.1 Å². The maximum absolute atomic E-state index is 11.4. The first-order valence-electron chi connectivity index (χ1n) is 6.39. The zero-order valence-electron chi connectivity index (χ0n) is 11.2. The van der Waals surface area contributed by atoms with Crippen molar-refractivity contribution in [2.75, 3.05) is 0 Å². The third-order valence-corrected chi connectivity index (χ3v) is 4.47. The molecule has 3 rings (SSSR count). The zero-order valence-corrected chi connectivity index (χ0v) is 13.5. The lowest BCUT2D eigenvalue weighted by molar-refractivity contribution is 0.858. The normalized spacial score (nSPS) is 12.8. The fraction of sp³-hybridized carbons (Fsp3) is 0.133. The van der Waals surface area contributed by atoms with Crippen molar-refractivity contribution in [2.24, 2.45) is 5.73 Å². The van der Waals surface area contributed by atoms with E-state index in [2.05, 4.69) is 25.9 Å². The van der Waals surface area contributed by atoms with Crippen LogP contribution < -0.4 is 11.4 Å². The highest BCUT2D eigenvalue weighted by Gasteiger charge is 2.16. The Kier molecular flexibility index (Phi) is 3.65. The number of rotatable bonds is 2. The molecule has 0 aliphatic rings. The van der Waals surface area contributed by atoms with Gasteiger partial charge in [-0.25, -0.2) is 4.79 Å². The third-order valence-electron chi connectivity index (χ3n) is 3.54. The van der Waals surface area contributed by atoms with E-state index < -0.39 is 0 Å². The van der Waals surface area contributed by atoms with Crippen molar-refractivity contribution < 1.29 is 0 Å². The molecule has 3 aromatic rings. The molecule has 0 spiro atoms. The number of imidazole rings is 1. The second-order valence-electron chi connectivity index (χ2n) is 4.98. The molecule has 0 amide bonds. The number of hydrogen-bond donors (Lipinski definition) is 3. The van der Waals surface area contributed by atoms with Crippen LogP contribution in [0.15, 0.2) is 39.6 Å². The Labute approximate surface area is 134 Å². The van der Waals surface area contributed by atoms with Gasteiger partial charge in [0.25, 0.3) is 0 Å². The van der Waals surface area contributed by atoms with Crippen LogP contribution in [0.1, 0.15) is 22.7 Å². The summed E-state index contributed by atoms with van der Waals surface area (Å²) in [6.45, 7) is 2.00. The first-order valence-corrected chi connectivity index (χ1v) is 7.56. The Bertz CT molecular complexity index is 884. The summed E-state index contributed by atoms with van der Waals surface area (Å²) in [6.07, 6.45) is 0. The van der Waals surface area contributed by atoms with Gasteiger partial charge < -0.3 is 15.7 Å². The molecule has 4 nitrogen and oxygen atoms in total. The van der Waals surface area contributed by atoms with Crippen LogP contribution in [-0.2, 0) is 0 Å². The average molecular weight is 367 g/mol. The van der Waals surface area contributed by atoms with Gasteiger partial charge in [-0.2, -0.15) is 0 Å². The molecule has 0 bridgehead atoms. The number of aryl methyl sites for hydroxylation is 1. The quantitative estimate of drug-likeness (QED) is 0.648. The summed E-state index contributed by atoms with van der Waals surface area (Å²) in [5, 5.41) is 0.651. The van der Waals surface area contributed by atoms with Gasteiger partial charge in [0.15, 0.2) is 0 Å². The largest absolute Gasteiger partial charge is 0.323 e. The Morgan fingerprint density at radius 1 is 1.14 bits per heavy atom. The maximum Gasteiger partial charge on any atom is 0.323 e. The van der Waals surface area contributed by atoms with E-state index in [1.54, 1.807) is 0 Å². The number of aromatic nitrogens is 2. The standard InChI is InChI=1S/C15H13BrClN3O/c1-7-2-3-8(17)4-9(7)14(18)10-5-12-13(6-11(10)16)20-15(21)19-12/h2-6,14H,18H2,1H3,(H2,19,20,21). The molecule has 1 atom stereocenters. The van der Waals surface area contributed by atoms with Gasteiger partial charge in [-0.05, 0) is 47.9 Å². The summed E-state index contributed by atoms with van der Waals surface area (Å²) >= 11 is 9.59. The SMILES string of the molecule is Cc1ccc(Cl)cc1C(N)c1cc2[nH]c(=O)[nH]c2cc1Br. The molecule has 0 saturated heterocycles. The molecule has 4 N–H and O–H groups in total. The van der Waals surface area contributed by atoms with E-state index >= 15 is 0 Å². The predicted molar refractivity (Wildman–Crippen MR) is 88.8 cm³/mol. The smallest absolute Gasteiger partial charge is 0.320 e. The maximum atomic E-state index is 11.4. The molecule has 2 aromatic carbocycles. The van der Waals surface area contributed by atoms with Crippen LogP contribution >= 0.6 is 27.5 Å². The molecule has 0 fully saturated rings. The number of nitrogens with two attached hydrogens (primary N) is 1. The molecule has 0 saturated carbocycles. The molecular formula is C15H13BrClN3O. The Morgan fingerprint density at radius 3 is 2.52 bits per heavy atom. The van der Waals surface area contributed by atoms with E-state index in [9.17, 15) is 4.79 Å². The minimum atomic E-state index is -0.333. The van der Waals surface area contributed by atoms with Crippen molar-refractivity contribution in [2.45, 2.75) is 13.0 Å². The molecule has 1 aromatic heterocycles. The van der Waals surface area contributed by atoms with E-state index in [0.29, 0.717) is 5.02 Å². The summed E-state index contributed by atoms with van der Waals surface area (Å²) in [5.41, 5.74) is 10.6. The fourth-order valence-corrected chi connectivity index (χ4v) is 3.20. The number of H-pyrrole nitrogens is 2. The van der Waals surface area contributed by atoms with Crippen molar-refractivity contribution in [3.63, 3.8) is 0 Å². The average Bonchev–Trinajstić information content (AvgIpc) is 2.79. The molecular weight excluding hydrogens is 354 g/mol. The molecule has 6 heteroatoms. The van der Waals surface area contributed by atoms with Gasteiger partial charge in [0.1, 0.15) is 0 Å². The minimum Gasteiger partial charge on any atom is -0.320 e. The van der Waals surface area contributed by atoms with Gasteiger partial charge in [0, 0.05) is 9.50 Å². The molecule has 108 valence electrons. The van der Waals surface area contributed by atoms with E-state index in [1.165, 1.54) is 0 Å². The second kappa shape index (κ2) is 5.33. The van der Waals surface area contributed by atoms with Crippen molar-refractivity contribution in [3.8, 4) is 0 Å². The summed E-state index contributed by atoms with van der Waals surface area (Å²) < 4.78 is 0.845. The Balaban J connectivity index is 2.16. The number of hydrogen-bond acceptors (Lipinski definition) is 2. The first kappa shape index (κ1) is 14.4. The molecule has 0 aliphatic heterocycles. The number of fused-ring (bicyclic) bond motifs is 1. The van der Waals surface area contributed by atoms with Gasteiger partial charge >= 0.3 is 5.69 Å². The van der Waals surface area contributed by atoms with Crippen molar-refractivity contribution in [1.29, 1.82) is 0 Å². The van der Waals surface area contributed by atoms with Crippen molar-refractivity contribution in [1.82, 2.24) is 9.97 Å². The molecule has 21 heavy (non-hydrogen) atoms. The number of benzene rings is 2. The minimum absolute atomic E-state index is 0.235. The lowest BCUT2D eigenvalue weighted by atomic mass is 9.95.